The predicted molar refractivity (Wildman–Crippen MR) is 143 cm³/mol. The molecule has 0 spiro atoms. The predicted octanol–water partition coefficient (Wildman–Crippen LogP) is 2.80. The van der Waals surface area contributed by atoms with Crippen LogP contribution in [0.4, 0.5) is 16.3 Å². The van der Waals surface area contributed by atoms with E-state index in [9.17, 15) is 9.59 Å². The van der Waals surface area contributed by atoms with E-state index in [0.717, 1.165) is 42.5 Å². The van der Waals surface area contributed by atoms with Crippen LogP contribution in [-0.2, 0) is 0 Å². The van der Waals surface area contributed by atoms with E-state index < -0.39 is 0 Å². The third-order valence-corrected chi connectivity index (χ3v) is 7.62. The van der Waals surface area contributed by atoms with E-state index in [0.29, 0.717) is 29.4 Å². The second-order valence-electron chi connectivity index (χ2n) is 9.90. The summed E-state index contributed by atoms with van der Waals surface area (Å²) < 4.78 is 7.18. The molecule has 202 valence electrons. The molecule has 13 nitrogen and oxygen atoms in total. The molecule has 0 saturated carbocycles. The van der Waals surface area contributed by atoms with Crippen molar-refractivity contribution in [3.05, 3.63) is 48.3 Å². The van der Waals surface area contributed by atoms with Gasteiger partial charge in [0.05, 0.1) is 19.0 Å². The number of hydrogen-bond donors (Lipinski definition) is 4. The van der Waals surface area contributed by atoms with E-state index in [4.69, 9.17) is 15.5 Å². The number of nitrogens with one attached hydrogen (secondary N) is 3. The Kier molecular flexibility index (Phi) is 6.25. The van der Waals surface area contributed by atoms with Crippen molar-refractivity contribution >= 4 is 29.1 Å². The average Bonchev–Trinajstić information content (AvgIpc) is 3.67. The van der Waals surface area contributed by atoms with Gasteiger partial charge < -0.3 is 31.0 Å². The van der Waals surface area contributed by atoms with E-state index in [1.165, 1.54) is 6.33 Å². The molecule has 2 aliphatic rings. The SMILES string of the molecule is CCNC(=O)Nc1ccc(-c2cnn3c(N)cc([C@@H]4C[C@H]5CC[C@@H](C4)N5C(=O)c4nnc[nH]4)nc23)cc1OC. The maximum atomic E-state index is 13.0. The van der Waals surface area contributed by atoms with Gasteiger partial charge in [-0.05, 0) is 50.3 Å². The number of ether oxygens (including phenoxy) is 1. The Morgan fingerprint density at radius 2 is 2.00 bits per heavy atom. The lowest BCUT2D eigenvalue weighted by atomic mass is 9.87. The number of nitrogens with two attached hydrogens (primary N) is 1. The standard InChI is InChI=1S/C26H30N10O3/c1-3-28-26(38)33-19-7-4-14(10-21(19)39-2)18-12-31-36-22(27)11-20(32-24(18)36)15-8-16-5-6-17(9-15)35(16)25(37)23-29-13-30-34-23/h4,7,10-13,15-17H,3,5-6,8-9,27H2,1-2H3,(H2,28,33,38)(H,29,30,34)/t15-,16-,17+. The molecular weight excluding hydrogens is 500 g/mol. The number of urea groups is 1. The van der Waals surface area contributed by atoms with E-state index in [1.807, 2.05) is 30.0 Å². The molecule has 3 amide bonds. The van der Waals surface area contributed by atoms with Gasteiger partial charge in [-0.1, -0.05) is 6.07 Å². The summed E-state index contributed by atoms with van der Waals surface area (Å²) in [5, 5.41) is 17.7. The van der Waals surface area contributed by atoms with Gasteiger partial charge in [0.25, 0.3) is 5.91 Å². The Balaban J connectivity index is 1.29. The van der Waals surface area contributed by atoms with Crippen LogP contribution < -0.4 is 21.1 Å². The summed E-state index contributed by atoms with van der Waals surface area (Å²) in [5.41, 5.74) is 10.2. The first-order valence-corrected chi connectivity index (χ1v) is 13.0. The molecule has 3 atom stereocenters. The van der Waals surface area contributed by atoms with Gasteiger partial charge >= 0.3 is 6.03 Å². The van der Waals surface area contributed by atoms with Crippen molar-refractivity contribution in [3.8, 4) is 16.9 Å². The number of nitrogen functional groups attached to an aromatic ring is 1. The van der Waals surface area contributed by atoms with Gasteiger partial charge in [-0.2, -0.15) is 9.61 Å². The number of benzene rings is 1. The van der Waals surface area contributed by atoms with Crippen molar-refractivity contribution in [1.82, 2.24) is 40.0 Å². The van der Waals surface area contributed by atoms with E-state index in [-0.39, 0.29) is 35.8 Å². The Hall–Kier alpha value is -4.68. The molecule has 6 rings (SSSR count). The fourth-order valence-electron chi connectivity index (χ4n) is 5.89. The number of hydrogen-bond acceptors (Lipinski definition) is 8. The maximum Gasteiger partial charge on any atom is 0.319 e. The lowest BCUT2D eigenvalue weighted by molar-refractivity contribution is 0.0557. The molecule has 2 bridgehead atoms. The number of fused-ring (bicyclic) bond motifs is 3. The van der Waals surface area contributed by atoms with Crippen molar-refractivity contribution in [1.29, 1.82) is 0 Å². The molecule has 2 saturated heterocycles. The third-order valence-electron chi connectivity index (χ3n) is 7.62. The van der Waals surface area contributed by atoms with Gasteiger partial charge in [0.2, 0.25) is 5.82 Å². The van der Waals surface area contributed by atoms with Gasteiger partial charge in [-0.25, -0.2) is 9.78 Å². The highest BCUT2D eigenvalue weighted by molar-refractivity contribution is 5.92. The smallest absolute Gasteiger partial charge is 0.319 e. The number of piperidine rings is 1. The quantitative estimate of drug-likeness (QED) is 0.295. The van der Waals surface area contributed by atoms with Crippen LogP contribution >= 0.6 is 0 Å². The summed E-state index contributed by atoms with van der Waals surface area (Å²) >= 11 is 0. The van der Waals surface area contributed by atoms with Gasteiger partial charge in [-0.15, -0.1) is 10.2 Å². The van der Waals surface area contributed by atoms with E-state index in [2.05, 4.69) is 30.9 Å². The topological polar surface area (TPSA) is 168 Å². The van der Waals surface area contributed by atoms with Crippen LogP contribution in [0.2, 0.25) is 0 Å². The normalized spacial score (nSPS) is 20.3. The first-order chi connectivity index (χ1) is 19.0. The summed E-state index contributed by atoms with van der Waals surface area (Å²) in [4.78, 5) is 34.9. The molecule has 0 radical (unpaired) electrons. The van der Waals surface area contributed by atoms with Crippen molar-refractivity contribution < 1.29 is 14.3 Å². The Morgan fingerprint density at radius 3 is 2.69 bits per heavy atom. The second-order valence-corrected chi connectivity index (χ2v) is 9.90. The molecule has 0 aliphatic carbocycles. The molecule has 2 fully saturated rings. The number of rotatable bonds is 6. The minimum absolute atomic E-state index is 0.0986. The van der Waals surface area contributed by atoms with Gasteiger partial charge in [-0.3, -0.25) is 4.79 Å². The lowest BCUT2D eigenvalue weighted by Gasteiger charge is -2.38. The van der Waals surface area contributed by atoms with Crippen molar-refractivity contribution in [2.24, 2.45) is 0 Å². The summed E-state index contributed by atoms with van der Waals surface area (Å²) in [5.74, 6) is 1.35. The maximum absolute atomic E-state index is 13.0. The largest absolute Gasteiger partial charge is 0.495 e. The summed E-state index contributed by atoms with van der Waals surface area (Å²) in [6, 6.07) is 7.34. The number of nitrogens with zero attached hydrogens (tertiary/aromatic N) is 6. The van der Waals surface area contributed by atoms with Crippen LogP contribution in [-0.4, -0.2) is 72.4 Å². The zero-order valence-electron chi connectivity index (χ0n) is 21.7. The van der Waals surface area contributed by atoms with Gasteiger partial charge in [0.15, 0.2) is 5.65 Å². The molecule has 5 heterocycles. The van der Waals surface area contributed by atoms with Crippen molar-refractivity contribution in [2.75, 3.05) is 24.7 Å². The average molecular weight is 531 g/mol. The number of carbonyl (C=O) groups excluding carboxylic acids is 2. The number of anilines is 2. The van der Waals surface area contributed by atoms with E-state index >= 15 is 0 Å². The Morgan fingerprint density at radius 1 is 1.21 bits per heavy atom. The number of H-pyrrole nitrogens is 1. The highest BCUT2D eigenvalue weighted by atomic mass is 16.5. The molecular formula is C26H30N10O3. The highest BCUT2D eigenvalue weighted by Crippen LogP contribution is 2.44. The van der Waals surface area contributed by atoms with Crippen LogP contribution in [0.25, 0.3) is 16.8 Å². The second kappa shape index (κ2) is 9.89. The number of amides is 3. The summed E-state index contributed by atoms with van der Waals surface area (Å²) in [7, 11) is 1.56. The molecule has 4 aromatic rings. The third kappa shape index (κ3) is 4.39. The Bertz CT molecular complexity index is 1520. The molecule has 5 N–H and O–H groups in total. The first kappa shape index (κ1) is 24.6. The van der Waals surface area contributed by atoms with Crippen LogP contribution in [0, 0.1) is 0 Å². The summed E-state index contributed by atoms with van der Waals surface area (Å²) in [6.07, 6.45) is 6.67. The number of aromatic nitrogens is 6. The minimum atomic E-state index is -0.304. The Labute approximate surface area is 224 Å². The first-order valence-electron chi connectivity index (χ1n) is 13.0. The van der Waals surface area contributed by atoms with Gasteiger partial charge in [0.1, 0.15) is 17.9 Å². The summed E-state index contributed by atoms with van der Waals surface area (Å²) in [6.45, 7) is 2.37. The molecule has 2 aliphatic heterocycles. The van der Waals surface area contributed by atoms with Crippen LogP contribution in [0.1, 0.15) is 54.8 Å². The molecule has 13 heteroatoms. The lowest BCUT2D eigenvalue weighted by Crippen LogP contribution is -2.46. The zero-order valence-corrected chi connectivity index (χ0v) is 21.7. The number of carbonyl (C=O) groups is 2. The minimum Gasteiger partial charge on any atom is -0.495 e. The molecule has 0 unspecified atom stereocenters. The van der Waals surface area contributed by atoms with E-state index in [1.54, 1.807) is 23.9 Å². The fourth-order valence-corrected chi connectivity index (χ4v) is 5.89. The van der Waals surface area contributed by atoms with Crippen LogP contribution in [0.3, 0.4) is 0 Å². The number of aromatic amines is 1. The van der Waals surface area contributed by atoms with Crippen molar-refractivity contribution in [2.45, 2.75) is 50.6 Å². The molecule has 39 heavy (non-hydrogen) atoms. The van der Waals surface area contributed by atoms with Crippen LogP contribution in [0.5, 0.6) is 5.75 Å². The zero-order chi connectivity index (χ0) is 27.1. The van der Waals surface area contributed by atoms with Crippen molar-refractivity contribution in [3.63, 3.8) is 0 Å². The fraction of sp³-hybridized carbons (Fsp3) is 0.385. The van der Waals surface area contributed by atoms with Crippen LogP contribution in [0.15, 0.2) is 36.8 Å². The molecule has 1 aromatic carbocycles. The number of methoxy groups -OCH3 is 1. The highest BCUT2D eigenvalue weighted by Gasteiger charge is 2.45. The monoisotopic (exact) mass is 530 g/mol. The molecule has 3 aromatic heterocycles. The van der Waals surface area contributed by atoms with Gasteiger partial charge in [0, 0.05) is 41.9 Å².